The Morgan fingerprint density at radius 2 is 1.93 bits per heavy atom. The first-order valence-electron chi connectivity index (χ1n) is 8.43. The van der Waals surface area contributed by atoms with Crippen LogP contribution in [0.3, 0.4) is 0 Å². The molecular formula is C18H20F2N4O3. The van der Waals surface area contributed by atoms with E-state index < -0.39 is 29.5 Å². The zero-order chi connectivity index (χ0) is 20.0. The topological polar surface area (TPSA) is 93.1 Å². The Balaban J connectivity index is 2.29. The van der Waals surface area contributed by atoms with Crippen LogP contribution in [0.15, 0.2) is 35.1 Å². The molecule has 0 fully saturated rings. The third kappa shape index (κ3) is 4.96. The maximum atomic E-state index is 13.5. The number of unbranched alkanes of at least 4 members (excludes halogenated alkanes) is 1. The van der Waals surface area contributed by atoms with Crippen molar-refractivity contribution < 1.29 is 18.4 Å². The molecule has 144 valence electrons. The van der Waals surface area contributed by atoms with E-state index >= 15 is 0 Å². The molecular weight excluding hydrogens is 358 g/mol. The van der Waals surface area contributed by atoms with Gasteiger partial charge in [-0.25, -0.2) is 13.5 Å². The number of likely N-dealkylation sites (N-methyl/N-ethyl adjacent to an activating group) is 1. The van der Waals surface area contributed by atoms with Crippen molar-refractivity contribution in [3.8, 4) is 0 Å². The molecule has 0 aliphatic rings. The molecule has 0 bridgehead atoms. The van der Waals surface area contributed by atoms with Crippen LogP contribution in [0.4, 0.5) is 8.78 Å². The summed E-state index contributed by atoms with van der Waals surface area (Å²) in [5.74, 6) is -3.54. The summed E-state index contributed by atoms with van der Waals surface area (Å²) in [6.07, 6.45) is 1.56. The van der Waals surface area contributed by atoms with E-state index in [4.69, 9.17) is 0 Å². The molecule has 0 aliphatic carbocycles. The van der Waals surface area contributed by atoms with Crippen LogP contribution in [0.25, 0.3) is 0 Å². The van der Waals surface area contributed by atoms with Crippen LogP contribution in [0, 0.1) is 11.6 Å². The van der Waals surface area contributed by atoms with E-state index in [1.165, 1.54) is 29.9 Å². The highest BCUT2D eigenvalue weighted by atomic mass is 19.2. The molecule has 2 N–H and O–H groups in total. The molecule has 0 saturated heterocycles. The van der Waals surface area contributed by atoms with Crippen molar-refractivity contribution in [3.63, 3.8) is 0 Å². The van der Waals surface area contributed by atoms with Gasteiger partial charge in [-0.3, -0.25) is 14.4 Å². The second kappa shape index (κ2) is 9.02. The summed E-state index contributed by atoms with van der Waals surface area (Å²) in [5.41, 5.74) is -0.341. The largest absolute Gasteiger partial charge is 0.357 e. The third-order valence-electron chi connectivity index (χ3n) is 3.88. The summed E-state index contributed by atoms with van der Waals surface area (Å²) >= 11 is 0. The minimum absolute atomic E-state index is 0.0674. The molecule has 1 aromatic heterocycles. The lowest BCUT2D eigenvalue weighted by molar-refractivity contribution is -0.122. The quantitative estimate of drug-likeness (QED) is 0.764. The van der Waals surface area contributed by atoms with E-state index in [0.717, 1.165) is 18.6 Å². The molecule has 1 heterocycles. The van der Waals surface area contributed by atoms with Gasteiger partial charge in [-0.1, -0.05) is 19.4 Å². The number of aryl methyl sites for hydroxylation is 1. The predicted octanol–water partition coefficient (Wildman–Crippen LogP) is 1.54. The summed E-state index contributed by atoms with van der Waals surface area (Å²) in [4.78, 5) is 36.4. The SMILES string of the molecule is CCCCn1nc(C(=O)NC(C(=O)NC)c2ccc(F)c(F)c2)ccc1=O. The van der Waals surface area contributed by atoms with E-state index in [2.05, 4.69) is 15.7 Å². The molecule has 0 spiro atoms. The molecule has 1 aromatic carbocycles. The Morgan fingerprint density at radius 1 is 1.19 bits per heavy atom. The van der Waals surface area contributed by atoms with Crippen molar-refractivity contribution in [1.82, 2.24) is 20.4 Å². The fourth-order valence-electron chi connectivity index (χ4n) is 2.38. The Labute approximate surface area is 154 Å². The molecule has 0 saturated carbocycles. The number of rotatable bonds is 7. The van der Waals surface area contributed by atoms with Gasteiger partial charge in [0.1, 0.15) is 11.7 Å². The highest BCUT2D eigenvalue weighted by Gasteiger charge is 2.24. The van der Waals surface area contributed by atoms with Crippen LogP contribution in [-0.2, 0) is 11.3 Å². The summed E-state index contributed by atoms with van der Waals surface area (Å²) < 4.78 is 27.8. The van der Waals surface area contributed by atoms with Gasteiger partial charge < -0.3 is 10.6 Å². The predicted molar refractivity (Wildman–Crippen MR) is 94.0 cm³/mol. The zero-order valence-corrected chi connectivity index (χ0v) is 15.0. The number of amides is 2. The lowest BCUT2D eigenvalue weighted by atomic mass is 10.1. The van der Waals surface area contributed by atoms with Crippen molar-refractivity contribution >= 4 is 11.8 Å². The lowest BCUT2D eigenvalue weighted by Crippen LogP contribution is -2.40. The second-order valence-electron chi connectivity index (χ2n) is 5.83. The fraction of sp³-hybridized carbons (Fsp3) is 0.333. The Kier molecular flexibility index (Phi) is 6.75. The van der Waals surface area contributed by atoms with Gasteiger partial charge in [-0.05, 0) is 30.2 Å². The van der Waals surface area contributed by atoms with Gasteiger partial charge in [0.05, 0.1) is 0 Å². The standard InChI is InChI=1S/C18H20F2N4O3/c1-3-4-9-24-15(25)8-7-14(23-24)17(26)22-16(18(27)21-2)11-5-6-12(19)13(20)10-11/h5-8,10,16H,3-4,9H2,1-2H3,(H,21,27)(H,22,26). The number of benzene rings is 1. The Morgan fingerprint density at radius 3 is 2.56 bits per heavy atom. The molecule has 2 amide bonds. The van der Waals surface area contributed by atoms with Gasteiger partial charge in [0, 0.05) is 19.7 Å². The number of aromatic nitrogens is 2. The van der Waals surface area contributed by atoms with Gasteiger partial charge >= 0.3 is 0 Å². The second-order valence-corrected chi connectivity index (χ2v) is 5.83. The van der Waals surface area contributed by atoms with Crippen LogP contribution < -0.4 is 16.2 Å². The van der Waals surface area contributed by atoms with Gasteiger partial charge in [-0.2, -0.15) is 5.10 Å². The van der Waals surface area contributed by atoms with E-state index in [1.807, 2.05) is 6.92 Å². The fourth-order valence-corrected chi connectivity index (χ4v) is 2.38. The van der Waals surface area contributed by atoms with Crippen molar-refractivity contribution in [2.45, 2.75) is 32.4 Å². The average Bonchev–Trinajstić information content (AvgIpc) is 2.66. The molecule has 0 radical (unpaired) electrons. The normalized spacial score (nSPS) is 11.7. The summed E-state index contributed by atoms with van der Waals surface area (Å²) in [6, 6.07) is 4.11. The maximum absolute atomic E-state index is 13.5. The molecule has 1 atom stereocenters. The number of carbonyl (C=O) groups excluding carboxylic acids is 2. The molecule has 2 aromatic rings. The molecule has 7 nitrogen and oxygen atoms in total. The number of nitrogens with zero attached hydrogens (tertiary/aromatic N) is 2. The average molecular weight is 378 g/mol. The third-order valence-corrected chi connectivity index (χ3v) is 3.88. The van der Waals surface area contributed by atoms with Crippen LogP contribution in [-0.4, -0.2) is 28.6 Å². The van der Waals surface area contributed by atoms with Gasteiger partial charge in [-0.15, -0.1) is 0 Å². The minimum atomic E-state index is -1.25. The monoisotopic (exact) mass is 378 g/mol. The van der Waals surface area contributed by atoms with E-state index in [1.54, 1.807) is 0 Å². The first kappa shape index (κ1) is 20.2. The highest BCUT2D eigenvalue weighted by Crippen LogP contribution is 2.17. The highest BCUT2D eigenvalue weighted by molar-refractivity contribution is 5.96. The van der Waals surface area contributed by atoms with Crippen LogP contribution in [0.5, 0.6) is 0 Å². The Bertz CT molecular complexity index is 898. The lowest BCUT2D eigenvalue weighted by Gasteiger charge is -2.18. The smallest absolute Gasteiger partial charge is 0.272 e. The zero-order valence-electron chi connectivity index (χ0n) is 15.0. The first-order valence-corrected chi connectivity index (χ1v) is 8.43. The number of hydrogen-bond acceptors (Lipinski definition) is 4. The molecule has 9 heteroatoms. The maximum Gasteiger partial charge on any atom is 0.272 e. The molecule has 27 heavy (non-hydrogen) atoms. The number of carbonyl (C=O) groups is 2. The van der Waals surface area contributed by atoms with Crippen molar-refractivity contribution in [3.05, 3.63) is 63.6 Å². The number of nitrogens with one attached hydrogen (secondary N) is 2. The van der Waals surface area contributed by atoms with Gasteiger partial charge in [0.2, 0.25) is 5.91 Å². The van der Waals surface area contributed by atoms with Crippen molar-refractivity contribution in [2.24, 2.45) is 0 Å². The summed E-state index contributed by atoms with van der Waals surface area (Å²) in [5, 5.41) is 8.79. The van der Waals surface area contributed by atoms with Gasteiger partial charge in [0.15, 0.2) is 11.6 Å². The number of hydrogen-bond donors (Lipinski definition) is 2. The van der Waals surface area contributed by atoms with Crippen LogP contribution >= 0.6 is 0 Å². The Hall–Kier alpha value is -3.10. The van der Waals surface area contributed by atoms with E-state index in [-0.39, 0.29) is 16.8 Å². The summed E-state index contributed by atoms with van der Waals surface area (Å²) in [7, 11) is 1.35. The van der Waals surface area contributed by atoms with Gasteiger partial charge in [0.25, 0.3) is 11.5 Å². The molecule has 0 aliphatic heterocycles. The van der Waals surface area contributed by atoms with Crippen molar-refractivity contribution in [2.75, 3.05) is 7.05 Å². The van der Waals surface area contributed by atoms with E-state index in [9.17, 15) is 23.2 Å². The van der Waals surface area contributed by atoms with Crippen LogP contribution in [0.2, 0.25) is 0 Å². The summed E-state index contributed by atoms with van der Waals surface area (Å²) in [6.45, 7) is 2.32. The number of halogens is 2. The van der Waals surface area contributed by atoms with Crippen LogP contribution in [0.1, 0.15) is 41.9 Å². The molecule has 2 rings (SSSR count). The first-order chi connectivity index (χ1) is 12.9. The van der Waals surface area contributed by atoms with Crippen molar-refractivity contribution in [1.29, 1.82) is 0 Å². The minimum Gasteiger partial charge on any atom is -0.357 e. The van der Waals surface area contributed by atoms with E-state index in [0.29, 0.717) is 13.0 Å². The molecule has 1 unspecified atom stereocenters.